The highest BCUT2D eigenvalue weighted by atomic mass is 16.5. The lowest BCUT2D eigenvalue weighted by molar-refractivity contribution is 0.0181. The summed E-state index contributed by atoms with van der Waals surface area (Å²) in [5, 5.41) is 14.7. The number of nitrogens with zero attached hydrogens (tertiary/aromatic N) is 5. The number of anilines is 1. The summed E-state index contributed by atoms with van der Waals surface area (Å²) in [6.07, 6.45) is 2.10. The molecular formula is C17H24N6O2. The SMILES string of the molecule is CCO[C@H]1CCCN(C(=O)Nc2cccc(-c3nnnn3CC)c2)C1. The maximum absolute atomic E-state index is 12.6. The van der Waals surface area contributed by atoms with Crippen molar-refractivity contribution in [3.63, 3.8) is 0 Å². The number of rotatable bonds is 5. The van der Waals surface area contributed by atoms with E-state index in [2.05, 4.69) is 20.8 Å². The van der Waals surface area contributed by atoms with E-state index in [1.165, 1.54) is 0 Å². The highest BCUT2D eigenvalue weighted by molar-refractivity contribution is 5.90. The van der Waals surface area contributed by atoms with Crippen LogP contribution in [-0.2, 0) is 11.3 Å². The molecule has 134 valence electrons. The van der Waals surface area contributed by atoms with Gasteiger partial charge in [0.1, 0.15) is 0 Å². The first-order chi connectivity index (χ1) is 12.2. The van der Waals surface area contributed by atoms with E-state index < -0.39 is 0 Å². The highest BCUT2D eigenvalue weighted by Crippen LogP contribution is 2.21. The van der Waals surface area contributed by atoms with Gasteiger partial charge >= 0.3 is 6.03 Å². The summed E-state index contributed by atoms with van der Waals surface area (Å²) < 4.78 is 7.38. The minimum absolute atomic E-state index is 0.100. The molecule has 8 nitrogen and oxygen atoms in total. The maximum Gasteiger partial charge on any atom is 0.321 e. The molecule has 1 fully saturated rings. The van der Waals surface area contributed by atoms with Crippen LogP contribution in [0.25, 0.3) is 11.4 Å². The summed E-state index contributed by atoms with van der Waals surface area (Å²) in [5.41, 5.74) is 1.60. The van der Waals surface area contributed by atoms with E-state index in [-0.39, 0.29) is 12.1 Å². The van der Waals surface area contributed by atoms with Crippen LogP contribution in [0.5, 0.6) is 0 Å². The first kappa shape index (κ1) is 17.3. The Kier molecular flexibility index (Phi) is 5.60. The fourth-order valence-corrected chi connectivity index (χ4v) is 3.06. The first-order valence-corrected chi connectivity index (χ1v) is 8.75. The second-order valence-electron chi connectivity index (χ2n) is 5.99. The predicted molar refractivity (Wildman–Crippen MR) is 94.2 cm³/mol. The molecule has 2 amide bonds. The van der Waals surface area contributed by atoms with Crippen molar-refractivity contribution in [2.75, 3.05) is 25.0 Å². The number of benzene rings is 1. The van der Waals surface area contributed by atoms with Gasteiger partial charge in [-0.1, -0.05) is 12.1 Å². The molecule has 2 aromatic rings. The van der Waals surface area contributed by atoms with Crippen LogP contribution in [0.4, 0.5) is 10.5 Å². The third-order valence-electron chi connectivity index (χ3n) is 4.27. The summed E-state index contributed by atoms with van der Waals surface area (Å²) in [6, 6.07) is 7.47. The molecule has 1 N–H and O–H groups in total. The Morgan fingerprint density at radius 1 is 1.40 bits per heavy atom. The summed E-state index contributed by atoms with van der Waals surface area (Å²) in [7, 11) is 0. The standard InChI is InChI=1S/C17H24N6O2/c1-3-23-16(19-20-21-23)13-7-5-8-14(11-13)18-17(24)22-10-6-9-15(12-22)25-4-2/h5,7-8,11,15H,3-4,6,9-10,12H2,1-2H3,(H,18,24)/t15-/m0/s1. The van der Waals surface area contributed by atoms with Crippen LogP contribution in [-0.4, -0.2) is 56.9 Å². The zero-order valence-electron chi connectivity index (χ0n) is 14.7. The number of aryl methyl sites for hydroxylation is 1. The molecule has 2 heterocycles. The molecule has 1 aromatic heterocycles. The first-order valence-electron chi connectivity index (χ1n) is 8.75. The monoisotopic (exact) mass is 344 g/mol. The van der Waals surface area contributed by atoms with Gasteiger partial charge in [-0.15, -0.1) is 5.10 Å². The number of amides is 2. The van der Waals surface area contributed by atoms with Gasteiger partial charge < -0.3 is 15.0 Å². The molecule has 8 heteroatoms. The minimum atomic E-state index is -0.100. The Bertz CT molecular complexity index is 715. The van der Waals surface area contributed by atoms with Crippen molar-refractivity contribution in [1.29, 1.82) is 0 Å². The van der Waals surface area contributed by atoms with E-state index in [4.69, 9.17) is 4.74 Å². The Morgan fingerprint density at radius 2 is 2.28 bits per heavy atom. The van der Waals surface area contributed by atoms with Crippen LogP contribution in [0.1, 0.15) is 26.7 Å². The van der Waals surface area contributed by atoms with E-state index in [9.17, 15) is 4.79 Å². The molecule has 0 bridgehead atoms. The number of tetrazole rings is 1. The molecule has 1 aliphatic heterocycles. The number of hydrogen-bond donors (Lipinski definition) is 1. The Hall–Kier alpha value is -2.48. The van der Waals surface area contributed by atoms with Gasteiger partial charge in [0.15, 0.2) is 5.82 Å². The van der Waals surface area contributed by atoms with Gasteiger partial charge in [-0.2, -0.15) is 0 Å². The largest absolute Gasteiger partial charge is 0.377 e. The van der Waals surface area contributed by atoms with Crippen LogP contribution in [0.2, 0.25) is 0 Å². The fraction of sp³-hybridized carbons (Fsp3) is 0.529. The Balaban J connectivity index is 1.68. The van der Waals surface area contributed by atoms with Crippen LogP contribution in [0.15, 0.2) is 24.3 Å². The van der Waals surface area contributed by atoms with Crippen molar-refractivity contribution in [3.05, 3.63) is 24.3 Å². The molecule has 0 radical (unpaired) electrons. The summed E-state index contributed by atoms with van der Waals surface area (Å²) in [6.45, 7) is 6.71. The molecule has 1 aromatic carbocycles. The third-order valence-corrected chi connectivity index (χ3v) is 4.27. The van der Waals surface area contributed by atoms with Crippen molar-refractivity contribution in [1.82, 2.24) is 25.1 Å². The van der Waals surface area contributed by atoms with E-state index in [0.29, 0.717) is 25.5 Å². The molecule has 3 rings (SSSR count). The van der Waals surface area contributed by atoms with Gasteiger partial charge in [0, 0.05) is 37.5 Å². The van der Waals surface area contributed by atoms with Crippen LogP contribution >= 0.6 is 0 Å². The average Bonchev–Trinajstić information content (AvgIpc) is 3.11. The zero-order valence-corrected chi connectivity index (χ0v) is 14.7. The summed E-state index contributed by atoms with van der Waals surface area (Å²) >= 11 is 0. The molecule has 0 spiro atoms. The fourth-order valence-electron chi connectivity index (χ4n) is 3.06. The topological polar surface area (TPSA) is 85.2 Å². The molecule has 1 aliphatic rings. The van der Waals surface area contributed by atoms with Gasteiger partial charge in [-0.05, 0) is 49.2 Å². The van der Waals surface area contributed by atoms with Crippen LogP contribution < -0.4 is 5.32 Å². The van der Waals surface area contributed by atoms with E-state index in [0.717, 1.165) is 30.6 Å². The Morgan fingerprint density at radius 3 is 3.08 bits per heavy atom. The smallest absolute Gasteiger partial charge is 0.321 e. The number of urea groups is 1. The van der Waals surface area contributed by atoms with Gasteiger partial charge in [-0.3, -0.25) is 0 Å². The lowest BCUT2D eigenvalue weighted by atomic mass is 10.1. The van der Waals surface area contributed by atoms with Crippen LogP contribution in [0, 0.1) is 0 Å². The van der Waals surface area contributed by atoms with Crippen molar-refractivity contribution in [3.8, 4) is 11.4 Å². The number of carbonyl (C=O) groups excluding carboxylic acids is 1. The normalized spacial score (nSPS) is 17.5. The molecule has 1 saturated heterocycles. The number of ether oxygens (including phenoxy) is 1. The number of hydrogen-bond acceptors (Lipinski definition) is 5. The van der Waals surface area contributed by atoms with Crippen molar-refractivity contribution in [2.45, 2.75) is 39.3 Å². The van der Waals surface area contributed by atoms with E-state index in [1.54, 1.807) is 4.68 Å². The number of likely N-dealkylation sites (tertiary alicyclic amines) is 1. The molecular weight excluding hydrogens is 320 g/mol. The molecule has 0 unspecified atom stereocenters. The van der Waals surface area contributed by atoms with Gasteiger partial charge in [-0.25, -0.2) is 9.48 Å². The number of nitrogens with one attached hydrogen (secondary N) is 1. The molecule has 0 aliphatic carbocycles. The molecule has 25 heavy (non-hydrogen) atoms. The van der Waals surface area contributed by atoms with E-state index >= 15 is 0 Å². The minimum Gasteiger partial charge on any atom is -0.377 e. The summed E-state index contributed by atoms with van der Waals surface area (Å²) in [5.74, 6) is 0.688. The van der Waals surface area contributed by atoms with Crippen molar-refractivity contribution in [2.24, 2.45) is 0 Å². The molecule has 1 atom stereocenters. The molecule has 0 saturated carbocycles. The van der Waals surface area contributed by atoms with E-state index in [1.807, 2.05) is 43.0 Å². The lowest BCUT2D eigenvalue weighted by Gasteiger charge is -2.32. The van der Waals surface area contributed by atoms with Gasteiger partial charge in [0.05, 0.1) is 6.10 Å². The second kappa shape index (κ2) is 8.06. The van der Waals surface area contributed by atoms with Gasteiger partial charge in [0.2, 0.25) is 0 Å². The third kappa shape index (κ3) is 4.14. The van der Waals surface area contributed by atoms with Gasteiger partial charge in [0.25, 0.3) is 0 Å². The number of carbonyl (C=O) groups is 1. The predicted octanol–water partition coefficient (Wildman–Crippen LogP) is 2.39. The zero-order chi connectivity index (χ0) is 17.6. The maximum atomic E-state index is 12.6. The quantitative estimate of drug-likeness (QED) is 0.900. The van der Waals surface area contributed by atoms with Crippen molar-refractivity contribution >= 4 is 11.7 Å². The van der Waals surface area contributed by atoms with Crippen LogP contribution in [0.3, 0.4) is 0 Å². The lowest BCUT2D eigenvalue weighted by Crippen LogP contribution is -2.45. The highest BCUT2D eigenvalue weighted by Gasteiger charge is 2.24. The second-order valence-corrected chi connectivity index (χ2v) is 5.99. The number of piperidine rings is 1. The summed E-state index contributed by atoms with van der Waals surface area (Å²) in [4.78, 5) is 14.4. The Labute approximate surface area is 147 Å². The number of aromatic nitrogens is 4. The van der Waals surface area contributed by atoms with Crippen molar-refractivity contribution < 1.29 is 9.53 Å². The average molecular weight is 344 g/mol.